The van der Waals surface area contributed by atoms with Gasteiger partial charge in [-0.05, 0) is 58.7 Å². The molecule has 0 heterocycles. The van der Waals surface area contributed by atoms with Crippen molar-refractivity contribution < 1.29 is 9.47 Å². The van der Waals surface area contributed by atoms with Gasteiger partial charge in [0.25, 0.3) is 0 Å². The summed E-state index contributed by atoms with van der Waals surface area (Å²) in [6.45, 7) is 0. The van der Waals surface area contributed by atoms with E-state index in [-0.39, 0.29) is 0 Å². The van der Waals surface area contributed by atoms with Gasteiger partial charge in [0.2, 0.25) is 0 Å². The van der Waals surface area contributed by atoms with Gasteiger partial charge in [-0.3, -0.25) is 0 Å². The molecule has 0 unspecified atom stereocenters. The third-order valence-electron chi connectivity index (χ3n) is 6.78. The number of nitrogen functional groups attached to an aromatic ring is 2. The Morgan fingerprint density at radius 1 is 0.300 bits per heavy atom. The molecule has 0 aliphatic heterocycles. The van der Waals surface area contributed by atoms with E-state index in [1.54, 1.807) is 0 Å². The van der Waals surface area contributed by atoms with Crippen LogP contribution in [0.25, 0.3) is 33.4 Å². The smallest absolute Gasteiger partial charge is 0.150 e. The van der Waals surface area contributed by atoms with E-state index in [2.05, 4.69) is 60.7 Å². The molecule has 0 radical (unpaired) electrons. The number of para-hydroxylation sites is 6. The molecule has 194 valence electrons. The molecule has 6 rings (SSSR count). The Kier molecular flexibility index (Phi) is 6.89. The minimum absolute atomic E-state index is 0.606. The van der Waals surface area contributed by atoms with Crippen molar-refractivity contribution in [1.29, 1.82) is 0 Å². The summed E-state index contributed by atoms with van der Waals surface area (Å²) in [6.07, 6.45) is 0. The zero-order valence-corrected chi connectivity index (χ0v) is 21.8. The van der Waals surface area contributed by atoms with Crippen LogP contribution < -0.4 is 20.9 Å². The van der Waals surface area contributed by atoms with Crippen LogP contribution in [0.15, 0.2) is 146 Å². The number of anilines is 2. The Balaban J connectivity index is 1.24. The van der Waals surface area contributed by atoms with E-state index >= 15 is 0 Å². The maximum absolute atomic E-state index is 6.18. The SMILES string of the molecule is Nc1ccccc1Oc1ccccc1-c1ccc(-c2ccc(-c3ccccc3Oc3ccccc3N)cc2)cc1. The van der Waals surface area contributed by atoms with Gasteiger partial charge in [0.05, 0.1) is 11.4 Å². The van der Waals surface area contributed by atoms with Gasteiger partial charge < -0.3 is 20.9 Å². The minimum Gasteiger partial charge on any atom is -0.455 e. The average Bonchev–Trinajstić information content (AvgIpc) is 3.00. The fourth-order valence-corrected chi connectivity index (χ4v) is 4.66. The molecule has 4 N–H and O–H groups in total. The molecule has 0 spiro atoms. The number of rotatable bonds is 7. The van der Waals surface area contributed by atoms with Crippen LogP contribution in [0.5, 0.6) is 23.0 Å². The number of benzene rings is 6. The lowest BCUT2D eigenvalue weighted by molar-refractivity contribution is 0.486. The highest BCUT2D eigenvalue weighted by molar-refractivity contribution is 5.77. The Bertz CT molecular complexity index is 1630. The summed E-state index contributed by atoms with van der Waals surface area (Å²) in [5.74, 6) is 2.81. The van der Waals surface area contributed by atoms with E-state index < -0.39 is 0 Å². The molecule has 6 aromatic carbocycles. The minimum atomic E-state index is 0.606. The van der Waals surface area contributed by atoms with Gasteiger partial charge in [0.15, 0.2) is 0 Å². The first kappa shape index (κ1) is 24.8. The molecular weight excluding hydrogens is 492 g/mol. The maximum atomic E-state index is 6.18. The van der Waals surface area contributed by atoms with Crippen LogP contribution in [0.1, 0.15) is 0 Å². The van der Waals surface area contributed by atoms with Gasteiger partial charge in [0, 0.05) is 11.1 Å². The summed E-state index contributed by atoms with van der Waals surface area (Å²) in [6, 6.07) is 48.0. The van der Waals surface area contributed by atoms with Gasteiger partial charge in [-0.2, -0.15) is 0 Å². The summed E-state index contributed by atoms with van der Waals surface area (Å²) < 4.78 is 12.4. The van der Waals surface area contributed by atoms with Gasteiger partial charge in [-0.25, -0.2) is 0 Å². The van der Waals surface area contributed by atoms with E-state index in [1.807, 2.05) is 84.9 Å². The number of hydrogen-bond donors (Lipinski definition) is 2. The second-order valence-electron chi connectivity index (χ2n) is 9.43. The van der Waals surface area contributed by atoms with E-state index in [0.717, 1.165) is 44.9 Å². The summed E-state index contributed by atoms with van der Waals surface area (Å²) in [4.78, 5) is 0. The second-order valence-corrected chi connectivity index (χ2v) is 9.43. The van der Waals surface area contributed by atoms with Crippen LogP contribution in [0.2, 0.25) is 0 Å². The van der Waals surface area contributed by atoms with Crippen LogP contribution in [-0.4, -0.2) is 0 Å². The van der Waals surface area contributed by atoms with Gasteiger partial charge >= 0.3 is 0 Å². The normalized spacial score (nSPS) is 10.7. The monoisotopic (exact) mass is 520 g/mol. The van der Waals surface area contributed by atoms with Crippen molar-refractivity contribution in [3.8, 4) is 56.4 Å². The zero-order chi connectivity index (χ0) is 27.3. The van der Waals surface area contributed by atoms with E-state index in [1.165, 1.54) is 0 Å². The van der Waals surface area contributed by atoms with Crippen molar-refractivity contribution in [3.63, 3.8) is 0 Å². The van der Waals surface area contributed by atoms with Crippen molar-refractivity contribution in [2.45, 2.75) is 0 Å². The molecule has 6 aromatic rings. The molecule has 0 saturated carbocycles. The van der Waals surface area contributed by atoms with Gasteiger partial charge in [-0.15, -0.1) is 0 Å². The third-order valence-corrected chi connectivity index (χ3v) is 6.78. The fourth-order valence-electron chi connectivity index (χ4n) is 4.66. The second kappa shape index (κ2) is 11.1. The molecule has 0 fully saturated rings. The Hall–Kier alpha value is -5.48. The molecule has 4 heteroatoms. The molecule has 0 amide bonds. The van der Waals surface area contributed by atoms with Crippen molar-refractivity contribution >= 4 is 11.4 Å². The molecule has 0 atom stereocenters. The largest absolute Gasteiger partial charge is 0.455 e. The molecule has 0 saturated heterocycles. The van der Waals surface area contributed by atoms with Crippen LogP contribution in [-0.2, 0) is 0 Å². The Labute approximate surface area is 234 Å². The molecule has 0 aliphatic carbocycles. The van der Waals surface area contributed by atoms with Crippen LogP contribution in [0.4, 0.5) is 11.4 Å². The number of hydrogen-bond acceptors (Lipinski definition) is 4. The van der Waals surface area contributed by atoms with Crippen molar-refractivity contribution in [2.24, 2.45) is 0 Å². The zero-order valence-electron chi connectivity index (χ0n) is 21.8. The van der Waals surface area contributed by atoms with Crippen LogP contribution in [0.3, 0.4) is 0 Å². The predicted octanol–water partition coefficient (Wildman–Crippen LogP) is 9.44. The highest BCUT2D eigenvalue weighted by Gasteiger charge is 2.11. The van der Waals surface area contributed by atoms with Crippen molar-refractivity contribution in [1.82, 2.24) is 0 Å². The molecule has 0 aliphatic rings. The van der Waals surface area contributed by atoms with E-state index in [9.17, 15) is 0 Å². The van der Waals surface area contributed by atoms with Crippen LogP contribution >= 0.6 is 0 Å². The van der Waals surface area contributed by atoms with Crippen LogP contribution in [0, 0.1) is 0 Å². The first-order valence-corrected chi connectivity index (χ1v) is 13.1. The lowest BCUT2D eigenvalue weighted by Crippen LogP contribution is -1.93. The summed E-state index contributed by atoms with van der Waals surface area (Å²) in [5.41, 5.74) is 19.8. The van der Waals surface area contributed by atoms with E-state index in [0.29, 0.717) is 22.9 Å². The molecule has 4 nitrogen and oxygen atoms in total. The Morgan fingerprint density at radius 2 is 0.600 bits per heavy atom. The summed E-state index contributed by atoms with van der Waals surface area (Å²) in [5, 5.41) is 0. The quantitative estimate of drug-likeness (QED) is 0.206. The third kappa shape index (κ3) is 5.24. The van der Waals surface area contributed by atoms with Crippen molar-refractivity contribution in [3.05, 3.63) is 146 Å². The fraction of sp³-hybridized carbons (Fsp3) is 0. The summed E-state index contributed by atoms with van der Waals surface area (Å²) >= 11 is 0. The maximum Gasteiger partial charge on any atom is 0.150 e. The van der Waals surface area contributed by atoms with Crippen molar-refractivity contribution in [2.75, 3.05) is 11.5 Å². The first-order chi connectivity index (χ1) is 19.7. The topological polar surface area (TPSA) is 70.5 Å². The lowest BCUT2D eigenvalue weighted by atomic mass is 9.97. The van der Waals surface area contributed by atoms with Gasteiger partial charge in [0.1, 0.15) is 23.0 Å². The summed E-state index contributed by atoms with van der Waals surface area (Å²) in [7, 11) is 0. The number of nitrogens with two attached hydrogens (primary N) is 2. The number of ether oxygens (including phenoxy) is 2. The molecule has 0 bridgehead atoms. The highest BCUT2D eigenvalue weighted by atomic mass is 16.5. The van der Waals surface area contributed by atoms with Gasteiger partial charge in [-0.1, -0.05) is 109 Å². The first-order valence-electron chi connectivity index (χ1n) is 13.1. The molecule has 40 heavy (non-hydrogen) atoms. The Morgan fingerprint density at radius 3 is 0.975 bits per heavy atom. The average molecular weight is 521 g/mol. The van der Waals surface area contributed by atoms with E-state index in [4.69, 9.17) is 20.9 Å². The molecular formula is C36H28N2O2. The standard InChI is InChI=1S/C36H28N2O2/c37-31-11-3-7-15-35(31)39-33-13-5-1-9-29(33)27-21-17-25(18-22-27)26-19-23-28(24-20-26)30-10-2-6-14-34(30)40-36-16-8-4-12-32(36)38/h1-24H,37-38H2. The molecule has 0 aromatic heterocycles. The lowest BCUT2D eigenvalue weighted by Gasteiger charge is -2.14. The predicted molar refractivity (Wildman–Crippen MR) is 165 cm³/mol. The highest BCUT2D eigenvalue weighted by Crippen LogP contribution is 2.38.